The molecule has 3 heteroatoms. The number of fused-ring (bicyclic) bond motifs is 1. The minimum Gasteiger partial charge on any atom is -0.496 e. The molecule has 1 aliphatic rings. The predicted octanol–water partition coefficient (Wildman–Crippen LogP) is 2.05. The van der Waals surface area contributed by atoms with Gasteiger partial charge >= 0.3 is 0 Å². The van der Waals surface area contributed by atoms with Crippen molar-refractivity contribution >= 4 is 0 Å². The molecule has 1 aromatic rings. The van der Waals surface area contributed by atoms with Crippen LogP contribution in [0.2, 0.25) is 0 Å². The molecule has 0 amide bonds. The fourth-order valence-corrected chi connectivity index (χ4v) is 2.16. The van der Waals surface area contributed by atoms with Gasteiger partial charge in [-0.15, -0.1) is 0 Å². The summed E-state index contributed by atoms with van der Waals surface area (Å²) >= 11 is 0. The maximum Gasteiger partial charge on any atom is 0.125 e. The smallest absolute Gasteiger partial charge is 0.125 e. The summed E-state index contributed by atoms with van der Waals surface area (Å²) in [7, 11) is 3.44. The van der Waals surface area contributed by atoms with Gasteiger partial charge in [0.25, 0.3) is 0 Å². The van der Waals surface area contributed by atoms with Gasteiger partial charge in [0.15, 0.2) is 0 Å². The molecule has 82 valence electrons. The molecular weight excluding hydrogens is 190 g/mol. The van der Waals surface area contributed by atoms with Crippen LogP contribution in [0.5, 0.6) is 5.75 Å². The standard InChI is InChI=1S/C12H17NO2/c1-8-9-5-4-6-10(14-2)12(9)11(15-3)7-13-8/h4-6,8,11,13H,7H2,1-3H3/t8?,11-/m1/s1. The topological polar surface area (TPSA) is 30.5 Å². The minimum absolute atomic E-state index is 0.0901. The number of rotatable bonds is 2. The number of hydrogen-bond acceptors (Lipinski definition) is 3. The highest BCUT2D eigenvalue weighted by molar-refractivity contribution is 5.45. The molecule has 0 fully saturated rings. The van der Waals surface area contributed by atoms with Crippen molar-refractivity contribution < 1.29 is 9.47 Å². The molecule has 2 atom stereocenters. The molecule has 0 radical (unpaired) electrons. The predicted molar refractivity (Wildman–Crippen MR) is 59.2 cm³/mol. The SMILES string of the molecule is COc1cccc2c1[C@H](OC)CNC2C. The summed E-state index contributed by atoms with van der Waals surface area (Å²) in [6.07, 6.45) is 0.0901. The Morgan fingerprint density at radius 3 is 2.80 bits per heavy atom. The van der Waals surface area contributed by atoms with Crippen molar-refractivity contribution in [3.8, 4) is 5.75 Å². The van der Waals surface area contributed by atoms with E-state index in [1.807, 2.05) is 12.1 Å². The van der Waals surface area contributed by atoms with Gasteiger partial charge < -0.3 is 14.8 Å². The van der Waals surface area contributed by atoms with Crippen LogP contribution in [-0.2, 0) is 4.74 Å². The van der Waals surface area contributed by atoms with Crippen molar-refractivity contribution in [3.05, 3.63) is 29.3 Å². The van der Waals surface area contributed by atoms with Crippen LogP contribution in [0.4, 0.5) is 0 Å². The molecule has 0 bridgehead atoms. The van der Waals surface area contributed by atoms with Crippen LogP contribution in [-0.4, -0.2) is 20.8 Å². The number of benzene rings is 1. The first-order valence-electron chi connectivity index (χ1n) is 5.21. The maximum atomic E-state index is 5.47. The van der Waals surface area contributed by atoms with Crippen LogP contribution in [0, 0.1) is 0 Å². The highest BCUT2D eigenvalue weighted by Gasteiger charge is 2.26. The zero-order valence-corrected chi connectivity index (χ0v) is 9.41. The maximum absolute atomic E-state index is 5.47. The zero-order valence-electron chi connectivity index (χ0n) is 9.41. The Hall–Kier alpha value is -1.06. The van der Waals surface area contributed by atoms with Crippen LogP contribution in [0.1, 0.15) is 30.2 Å². The van der Waals surface area contributed by atoms with Crippen LogP contribution in [0.3, 0.4) is 0 Å². The van der Waals surface area contributed by atoms with Gasteiger partial charge in [0.2, 0.25) is 0 Å². The van der Waals surface area contributed by atoms with Crippen LogP contribution in [0.25, 0.3) is 0 Å². The molecule has 0 aromatic heterocycles. The summed E-state index contributed by atoms with van der Waals surface area (Å²) in [5, 5.41) is 3.41. The average molecular weight is 207 g/mol. The van der Waals surface area contributed by atoms with Gasteiger partial charge in [-0.25, -0.2) is 0 Å². The lowest BCUT2D eigenvalue weighted by Gasteiger charge is -2.31. The summed E-state index contributed by atoms with van der Waals surface area (Å²) < 4.78 is 10.9. The van der Waals surface area contributed by atoms with Crippen molar-refractivity contribution in [2.24, 2.45) is 0 Å². The zero-order chi connectivity index (χ0) is 10.8. The number of ether oxygens (including phenoxy) is 2. The molecule has 0 aliphatic carbocycles. The van der Waals surface area contributed by atoms with Gasteiger partial charge in [0, 0.05) is 25.3 Å². The first-order chi connectivity index (χ1) is 7.27. The molecule has 1 aromatic carbocycles. The molecule has 0 spiro atoms. The Balaban J connectivity index is 2.51. The lowest BCUT2D eigenvalue weighted by atomic mass is 9.92. The largest absolute Gasteiger partial charge is 0.496 e. The van der Waals surface area contributed by atoms with Gasteiger partial charge in [-0.2, -0.15) is 0 Å². The Bertz CT molecular complexity index is 351. The van der Waals surface area contributed by atoms with Gasteiger partial charge in [0.1, 0.15) is 5.75 Å². The van der Waals surface area contributed by atoms with Crippen LogP contribution < -0.4 is 10.1 Å². The second kappa shape index (κ2) is 4.21. The van der Waals surface area contributed by atoms with E-state index in [4.69, 9.17) is 9.47 Å². The van der Waals surface area contributed by atoms with Crippen molar-refractivity contribution in [3.63, 3.8) is 0 Å². The average Bonchev–Trinajstić information content (AvgIpc) is 2.29. The number of hydrogen-bond donors (Lipinski definition) is 1. The van der Waals surface area contributed by atoms with Crippen molar-refractivity contribution in [1.82, 2.24) is 5.32 Å². The fourth-order valence-electron chi connectivity index (χ4n) is 2.16. The molecule has 2 rings (SSSR count). The van der Waals surface area contributed by atoms with E-state index >= 15 is 0 Å². The molecule has 0 saturated carbocycles. The molecule has 1 aliphatic heterocycles. The summed E-state index contributed by atoms with van der Waals surface area (Å²) in [4.78, 5) is 0. The van der Waals surface area contributed by atoms with Gasteiger partial charge in [0.05, 0.1) is 13.2 Å². The molecule has 15 heavy (non-hydrogen) atoms. The van der Waals surface area contributed by atoms with Crippen molar-refractivity contribution in [2.75, 3.05) is 20.8 Å². The highest BCUT2D eigenvalue weighted by atomic mass is 16.5. The van der Waals surface area contributed by atoms with E-state index in [0.29, 0.717) is 6.04 Å². The third kappa shape index (κ3) is 1.73. The Labute approximate surface area is 90.4 Å². The molecule has 3 nitrogen and oxygen atoms in total. The highest BCUT2D eigenvalue weighted by Crippen LogP contribution is 2.36. The second-order valence-corrected chi connectivity index (χ2v) is 3.82. The Morgan fingerprint density at radius 2 is 2.13 bits per heavy atom. The third-order valence-electron chi connectivity index (χ3n) is 3.00. The molecule has 1 heterocycles. The summed E-state index contributed by atoms with van der Waals surface area (Å²) in [6.45, 7) is 3.00. The first kappa shape index (κ1) is 10.5. The number of nitrogens with one attached hydrogen (secondary N) is 1. The lowest BCUT2D eigenvalue weighted by Crippen LogP contribution is -2.32. The van der Waals surface area contributed by atoms with E-state index in [1.54, 1.807) is 14.2 Å². The van der Waals surface area contributed by atoms with Gasteiger partial charge in [-0.1, -0.05) is 12.1 Å². The second-order valence-electron chi connectivity index (χ2n) is 3.82. The molecular formula is C12H17NO2. The summed E-state index contributed by atoms with van der Waals surface area (Å²) in [6, 6.07) is 6.50. The van der Waals surface area contributed by atoms with E-state index in [2.05, 4.69) is 18.3 Å². The van der Waals surface area contributed by atoms with E-state index in [1.165, 1.54) is 11.1 Å². The summed E-state index contributed by atoms with van der Waals surface area (Å²) in [5.41, 5.74) is 2.46. The van der Waals surface area contributed by atoms with Crippen molar-refractivity contribution in [2.45, 2.75) is 19.1 Å². The first-order valence-corrected chi connectivity index (χ1v) is 5.21. The number of methoxy groups -OCH3 is 2. The lowest BCUT2D eigenvalue weighted by molar-refractivity contribution is 0.0891. The van der Waals surface area contributed by atoms with Gasteiger partial charge in [-0.3, -0.25) is 0 Å². The van der Waals surface area contributed by atoms with E-state index in [0.717, 1.165) is 12.3 Å². The quantitative estimate of drug-likeness (QED) is 0.805. The summed E-state index contributed by atoms with van der Waals surface area (Å²) in [5.74, 6) is 0.924. The van der Waals surface area contributed by atoms with E-state index < -0.39 is 0 Å². The Kier molecular flexibility index (Phi) is 2.93. The normalized spacial score (nSPS) is 24.7. The third-order valence-corrected chi connectivity index (χ3v) is 3.00. The monoisotopic (exact) mass is 207 g/mol. The van der Waals surface area contributed by atoms with Crippen LogP contribution in [0.15, 0.2) is 18.2 Å². The molecule has 1 unspecified atom stereocenters. The fraction of sp³-hybridized carbons (Fsp3) is 0.500. The minimum atomic E-state index is 0.0901. The Morgan fingerprint density at radius 1 is 1.33 bits per heavy atom. The van der Waals surface area contributed by atoms with E-state index in [9.17, 15) is 0 Å². The molecule has 0 saturated heterocycles. The van der Waals surface area contributed by atoms with E-state index in [-0.39, 0.29) is 6.10 Å². The van der Waals surface area contributed by atoms with Crippen molar-refractivity contribution in [1.29, 1.82) is 0 Å². The molecule has 1 N–H and O–H groups in total. The van der Waals surface area contributed by atoms with Crippen LogP contribution >= 0.6 is 0 Å². The van der Waals surface area contributed by atoms with Gasteiger partial charge in [-0.05, 0) is 18.6 Å².